The van der Waals surface area contributed by atoms with Crippen LogP contribution in [0.5, 0.6) is 0 Å². The van der Waals surface area contributed by atoms with Crippen molar-refractivity contribution in [2.45, 2.75) is 6.92 Å². The van der Waals surface area contributed by atoms with Gasteiger partial charge in [0.05, 0.1) is 17.6 Å². The van der Waals surface area contributed by atoms with Crippen LogP contribution in [0.4, 0.5) is 16.2 Å². The highest BCUT2D eigenvalue weighted by molar-refractivity contribution is 5.94. The van der Waals surface area contributed by atoms with Gasteiger partial charge in [-0.2, -0.15) is 0 Å². The second-order valence-electron chi connectivity index (χ2n) is 3.67. The van der Waals surface area contributed by atoms with Crippen molar-refractivity contribution in [1.29, 1.82) is 0 Å². The quantitative estimate of drug-likeness (QED) is 0.858. The summed E-state index contributed by atoms with van der Waals surface area (Å²) < 4.78 is 0. The highest BCUT2D eigenvalue weighted by Crippen LogP contribution is 2.24. The van der Waals surface area contributed by atoms with Gasteiger partial charge in [0.25, 0.3) is 0 Å². The Hall–Kier alpha value is -2.36. The lowest BCUT2D eigenvalue weighted by Gasteiger charge is -2.19. The molecule has 0 unspecified atom stereocenters. The van der Waals surface area contributed by atoms with Crippen LogP contribution < -0.4 is 4.90 Å². The summed E-state index contributed by atoms with van der Waals surface area (Å²) in [5, 5.41) is 9.27. The van der Waals surface area contributed by atoms with E-state index < -0.39 is 6.09 Å². The van der Waals surface area contributed by atoms with Gasteiger partial charge in [-0.25, -0.2) is 9.69 Å². The van der Waals surface area contributed by atoms with Crippen LogP contribution >= 0.6 is 0 Å². The molecule has 1 aromatic heterocycles. The minimum Gasteiger partial charge on any atom is -0.464 e. The molecule has 2 rings (SSSR count). The summed E-state index contributed by atoms with van der Waals surface area (Å²) in [6.07, 6.45) is 2.20. The minimum absolute atomic E-state index is 0.545. The fourth-order valence-corrected chi connectivity index (χ4v) is 1.61. The number of pyridine rings is 1. The zero-order valence-electron chi connectivity index (χ0n) is 9.37. The summed E-state index contributed by atoms with van der Waals surface area (Å²) in [6.45, 7) is 1.88. The summed E-state index contributed by atoms with van der Waals surface area (Å²) in [7, 11) is 0. The molecule has 4 heteroatoms. The van der Waals surface area contributed by atoms with Crippen molar-refractivity contribution in [3.8, 4) is 0 Å². The van der Waals surface area contributed by atoms with Gasteiger partial charge >= 0.3 is 6.09 Å². The molecule has 86 valence electrons. The first-order valence-electron chi connectivity index (χ1n) is 5.18. The number of anilines is 2. The highest BCUT2D eigenvalue weighted by Gasteiger charge is 2.16. The van der Waals surface area contributed by atoms with Crippen molar-refractivity contribution in [3.63, 3.8) is 0 Å². The third-order valence-corrected chi connectivity index (χ3v) is 2.32. The van der Waals surface area contributed by atoms with Gasteiger partial charge in [-0.1, -0.05) is 18.2 Å². The standard InChI is InChI=1S/C13H12N2O2/c1-10-7-12(9-14-8-10)15(13(16)17)11-5-3-2-4-6-11/h2-9H,1H3,(H,16,17). The summed E-state index contributed by atoms with van der Waals surface area (Å²) in [6, 6.07) is 10.7. The van der Waals surface area contributed by atoms with E-state index in [4.69, 9.17) is 0 Å². The molecule has 0 aliphatic heterocycles. The van der Waals surface area contributed by atoms with Crippen molar-refractivity contribution in [2.75, 3.05) is 4.90 Å². The third kappa shape index (κ3) is 2.42. The number of carboxylic acid groups (broad SMARTS) is 1. The molecular weight excluding hydrogens is 216 g/mol. The molecule has 0 radical (unpaired) electrons. The maximum Gasteiger partial charge on any atom is 0.416 e. The Morgan fingerprint density at radius 1 is 1.18 bits per heavy atom. The molecule has 4 nitrogen and oxygen atoms in total. The number of para-hydroxylation sites is 1. The van der Waals surface area contributed by atoms with Gasteiger partial charge in [-0.05, 0) is 30.7 Å². The van der Waals surface area contributed by atoms with Crippen LogP contribution in [0.15, 0.2) is 48.8 Å². The Bertz CT molecular complexity index is 526. The van der Waals surface area contributed by atoms with Gasteiger partial charge in [-0.15, -0.1) is 0 Å². The number of rotatable bonds is 2. The average Bonchev–Trinajstić information content (AvgIpc) is 2.30. The van der Waals surface area contributed by atoms with Gasteiger partial charge in [0.2, 0.25) is 0 Å². The van der Waals surface area contributed by atoms with E-state index in [1.54, 1.807) is 36.5 Å². The number of aryl methyl sites for hydroxylation is 1. The van der Waals surface area contributed by atoms with Crippen molar-refractivity contribution >= 4 is 17.5 Å². The predicted octanol–water partition coefficient (Wildman–Crippen LogP) is 3.21. The molecule has 0 atom stereocenters. The Labute approximate surface area is 99.2 Å². The van der Waals surface area contributed by atoms with Crippen LogP contribution in [0.3, 0.4) is 0 Å². The normalized spacial score (nSPS) is 9.94. The number of hydrogen-bond donors (Lipinski definition) is 1. The lowest BCUT2D eigenvalue weighted by Crippen LogP contribution is -2.23. The first-order chi connectivity index (χ1) is 8.18. The van der Waals surface area contributed by atoms with E-state index in [1.165, 1.54) is 11.1 Å². The molecule has 0 bridgehead atoms. The number of benzene rings is 1. The molecule has 0 fully saturated rings. The van der Waals surface area contributed by atoms with Crippen molar-refractivity contribution < 1.29 is 9.90 Å². The molecule has 0 spiro atoms. The molecule has 0 aliphatic rings. The lowest BCUT2D eigenvalue weighted by atomic mass is 10.2. The summed E-state index contributed by atoms with van der Waals surface area (Å²) in [5.74, 6) is 0. The van der Waals surface area contributed by atoms with Crippen molar-refractivity contribution in [1.82, 2.24) is 4.98 Å². The molecule has 1 amide bonds. The molecule has 0 aliphatic carbocycles. The molecule has 2 aromatic rings. The zero-order chi connectivity index (χ0) is 12.3. The van der Waals surface area contributed by atoms with E-state index in [0.29, 0.717) is 11.4 Å². The Balaban J connectivity index is 2.47. The van der Waals surface area contributed by atoms with Crippen LogP contribution in [-0.2, 0) is 0 Å². The van der Waals surface area contributed by atoms with E-state index in [2.05, 4.69) is 4.98 Å². The van der Waals surface area contributed by atoms with Gasteiger partial charge in [0, 0.05) is 6.20 Å². The van der Waals surface area contributed by atoms with Crippen molar-refractivity contribution in [3.05, 3.63) is 54.4 Å². The molecule has 1 N–H and O–H groups in total. The SMILES string of the molecule is Cc1cncc(N(C(=O)O)c2ccccc2)c1. The molecular formula is C13H12N2O2. The van der Waals surface area contributed by atoms with Gasteiger partial charge in [0.15, 0.2) is 0 Å². The maximum atomic E-state index is 11.3. The predicted molar refractivity (Wildman–Crippen MR) is 65.6 cm³/mol. The van der Waals surface area contributed by atoms with E-state index in [0.717, 1.165) is 5.56 Å². The highest BCUT2D eigenvalue weighted by atomic mass is 16.4. The minimum atomic E-state index is -1.02. The first kappa shape index (κ1) is 11.1. The zero-order valence-corrected chi connectivity index (χ0v) is 9.37. The largest absolute Gasteiger partial charge is 0.464 e. The lowest BCUT2D eigenvalue weighted by molar-refractivity contribution is 0.205. The third-order valence-electron chi connectivity index (χ3n) is 2.32. The fraction of sp³-hybridized carbons (Fsp3) is 0.0769. The van der Waals surface area contributed by atoms with E-state index in [-0.39, 0.29) is 0 Å². The topological polar surface area (TPSA) is 53.4 Å². The van der Waals surface area contributed by atoms with Gasteiger partial charge in [0.1, 0.15) is 0 Å². The van der Waals surface area contributed by atoms with Crippen LogP contribution in [0.1, 0.15) is 5.56 Å². The molecule has 1 aromatic carbocycles. The van der Waals surface area contributed by atoms with E-state index in [1.807, 2.05) is 13.0 Å². The van der Waals surface area contributed by atoms with Crippen molar-refractivity contribution in [2.24, 2.45) is 0 Å². The summed E-state index contributed by atoms with van der Waals surface area (Å²) in [4.78, 5) is 16.5. The maximum absolute atomic E-state index is 11.3. The van der Waals surface area contributed by atoms with E-state index in [9.17, 15) is 9.90 Å². The van der Waals surface area contributed by atoms with Gasteiger partial charge < -0.3 is 5.11 Å². The Morgan fingerprint density at radius 3 is 2.47 bits per heavy atom. The van der Waals surface area contributed by atoms with Crippen LogP contribution in [0.2, 0.25) is 0 Å². The number of amides is 1. The molecule has 1 heterocycles. The average molecular weight is 228 g/mol. The summed E-state index contributed by atoms with van der Waals surface area (Å²) >= 11 is 0. The van der Waals surface area contributed by atoms with E-state index >= 15 is 0 Å². The fourth-order valence-electron chi connectivity index (χ4n) is 1.61. The molecule has 0 saturated heterocycles. The number of carbonyl (C=O) groups is 1. The monoisotopic (exact) mass is 228 g/mol. The first-order valence-corrected chi connectivity index (χ1v) is 5.18. The van der Waals surface area contributed by atoms with Crippen LogP contribution in [-0.4, -0.2) is 16.2 Å². The van der Waals surface area contributed by atoms with Crippen LogP contribution in [0, 0.1) is 6.92 Å². The summed E-state index contributed by atoms with van der Waals surface area (Å²) in [5.41, 5.74) is 2.07. The van der Waals surface area contributed by atoms with Gasteiger partial charge in [-0.3, -0.25) is 4.98 Å². The number of hydrogen-bond acceptors (Lipinski definition) is 2. The smallest absolute Gasteiger partial charge is 0.416 e. The molecule has 0 saturated carbocycles. The second kappa shape index (κ2) is 4.65. The second-order valence-corrected chi connectivity index (χ2v) is 3.67. The number of nitrogens with zero attached hydrogens (tertiary/aromatic N) is 2. The Kier molecular flexibility index (Phi) is 3.05. The number of aromatic nitrogens is 1. The van der Waals surface area contributed by atoms with Crippen LogP contribution in [0.25, 0.3) is 0 Å². The Morgan fingerprint density at radius 2 is 1.88 bits per heavy atom. The molecule has 17 heavy (non-hydrogen) atoms.